The summed E-state index contributed by atoms with van der Waals surface area (Å²) in [6.45, 7) is 5.59. The maximum Gasteiger partial charge on any atom is 0.330 e. The zero-order chi connectivity index (χ0) is 13.9. The molecule has 1 fully saturated rings. The van der Waals surface area contributed by atoms with Crippen molar-refractivity contribution in [2.24, 2.45) is 11.3 Å². The number of nitrogens with one attached hydrogen (secondary N) is 1. The molecular weight excluding hydrogens is 232 g/mol. The number of allylic oxidation sites excluding steroid dienone is 2. The largest absolute Gasteiger partial charge is 0.330 e. The first-order chi connectivity index (χ1) is 8.41. The lowest BCUT2D eigenvalue weighted by Gasteiger charge is -2.40. The molecule has 1 aliphatic rings. The number of carbonyl (C=O) groups excluding carboxylic acids is 3. The van der Waals surface area contributed by atoms with Crippen LogP contribution in [0, 0.1) is 11.3 Å². The summed E-state index contributed by atoms with van der Waals surface area (Å²) in [5, 5.41) is 2.27. The Morgan fingerprint density at radius 2 is 2.00 bits per heavy atom. The van der Waals surface area contributed by atoms with Gasteiger partial charge >= 0.3 is 6.03 Å². The lowest BCUT2D eigenvalue weighted by molar-refractivity contribution is -0.153. The summed E-state index contributed by atoms with van der Waals surface area (Å²) < 4.78 is 0. The Labute approximate surface area is 107 Å². The monoisotopic (exact) mass is 252 g/mol. The quantitative estimate of drug-likeness (QED) is 0.611. The van der Waals surface area contributed by atoms with Crippen molar-refractivity contribution in [1.82, 2.24) is 10.2 Å². The van der Waals surface area contributed by atoms with Gasteiger partial charge in [-0.3, -0.25) is 19.8 Å². The second-order valence-electron chi connectivity index (χ2n) is 4.66. The molecule has 0 saturated carbocycles. The Morgan fingerprint density at radius 3 is 2.50 bits per heavy atom. The van der Waals surface area contributed by atoms with E-state index in [1.807, 2.05) is 32.9 Å². The maximum absolute atomic E-state index is 12.4. The van der Waals surface area contributed by atoms with Crippen LogP contribution in [0.15, 0.2) is 12.2 Å². The van der Waals surface area contributed by atoms with E-state index < -0.39 is 23.3 Å². The van der Waals surface area contributed by atoms with Crippen molar-refractivity contribution in [3.8, 4) is 0 Å². The first-order valence-electron chi connectivity index (χ1n) is 6.18. The van der Waals surface area contributed by atoms with Crippen LogP contribution >= 0.6 is 0 Å². The first kappa shape index (κ1) is 14.4. The molecule has 5 heteroatoms. The lowest BCUT2D eigenvalue weighted by atomic mass is 9.70. The Balaban J connectivity index is 3.27. The Bertz CT molecular complexity index is 403. The fourth-order valence-electron chi connectivity index (χ4n) is 2.48. The molecule has 0 bridgehead atoms. The molecule has 4 amide bonds. The number of nitrogens with zero attached hydrogens (tertiary/aromatic N) is 1. The fourth-order valence-corrected chi connectivity index (χ4v) is 2.48. The second-order valence-corrected chi connectivity index (χ2v) is 4.66. The third-order valence-electron chi connectivity index (χ3n) is 3.52. The molecule has 1 aliphatic heterocycles. The Hall–Kier alpha value is -1.65. The van der Waals surface area contributed by atoms with Gasteiger partial charge in [-0.2, -0.15) is 0 Å². The molecule has 0 aliphatic carbocycles. The number of hydrogen-bond acceptors (Lipinski definition) is 3. The van der Waals surface area contributed by atoms with Crippen molar-refractivity contribution in [2.75, 3.05) is 7.05 Å². The van der Waals surface area contributed by atoms with E-state index in [0.29, 0.717) is 12.8 Å². The standard InChI is InChI=1S/C13H20N2O3/c1-5-7-9(3)13(8-6-2)10(16)14-12(18)15(4)11(13)17/h5,7,9H,6,8H2,1-4H3,(H,14,16,18)/b7-5+. The van der Waals surface area contributed by atoms with E-state index in [0.717, 1.165) is 4.90 Å². The van der Waals surface area contributed by atoms with Crippen LogP contribution in [0.5, 0.6) is 0 Å². The third-order valence-corrected chi connectivity index (χ3v) is 3.52. The first-order valence-corrected chi connectivity index (χ1v) is 6.18. The van der Waals surface area contributed by atoms with E-state index in [9.17, 15) is 14.4 Å². The number of hydrogen-bond donors (Lipinski definition) is 1. The zero-order valence-corrected chi connectivity index (χ0v) is 11.3. The van der Waals surface area contributed by atoms with Crippen LogP contribution in [0.3, 0.4) is 0 Å². The van der Waals surface area contributed by atoms with Crippen molar-refractivity contribution in [3.05, 3.63) is 12.2 Å². The van der Waals surface area contributed by atoms with Gasteiger partial charge in [0.1, 0.15) is 5.41 Å². The maximum atomic E-state index is 12.4. The van der Waals surface area contributed by atoms with E-state index in [1.165, 1.54) is 7.05 Å². The number of rotatable bonds is 4. The van der Waals surface area contributed by atoms with Crippen molar-refractivity contribution >= 4 is 17.8 Å². The molecule has 1 N–H and O–H groups in total. The molecule has 5 nitrogen and oxygen atoms in total. The summed E-state index contributed by atoms with van der Waals surface area (Å²) in [6.07, 6.45) is 4.78. The highest BCUT2D eigenvalue weighted by molar-refractivity contribution is 6.19. The minimum atomic E-state index is -1.16. The normalized spacial score (nSPS) is 26.7. The minimum Gasteiger partial charge on any atom is -0.277 e. The average molecular weight is 252 g/mol. The van der Waals surface area contributed by atoms with Gasteiger partial charge in [0.2, 0.25) is 11.8 Å². The van der Waals surface area contributed by atoms with E-state index in [2.05, 4.69) is 5.32 Å². The Morgan fingerprint density at radius 1 is 1.39 bits per heavy atom. The molecule has 100 valence electrons. The van der Waals surface area contributed by atoms with Crippen LogP contribution in [-0.4, -0.2) is 29.8 Å². The van der Waals surface area contributed by atoms with Gasteiger partial charge in [-0.25, -0.2) is 4.79 Å². The predicted molar refractivity (Wildman–Crippen MR) is 67.6 cm³/mol. The highest BCUT2D eigenvalue weighted by Gasteiger charge is 2.54. The van der Waals surface area contributed by atoms with E-state index >= 15 is 0 Å². The number of carbonyl (C=O) groups is 3. The smallest absolute Gasteiger partial charge is 0.277 e. The SMILES string of the molecule is C/C=C/C(C)C1(CCC)C(=O)NC(=O)N(C)C1=O. The summed E-state index contributed by atoms with van der Waals surface area (Å²) in [7, 11) is 1.40. The van der Waals surface area contributed by atoms with Gasteiger partial charge in [-0.15, -0.1) is 0 Å². The van der Waals surface area contributed by atoms with Crippen LogP contribution in [0.4, 0.5) is 4.79 Å². The van der Waals surface area contributed by atoms with E-state index in [4.69, 9.17) is 0 Å². The summed E-state index contributed by atoms with van der Waals surface area (Å²) in [5.74, 6) is -1.14. The van der Waals surface area contributed by atoms with Gasteiger partial charge in [0.05, 0.1) is 0 Å². The summed E-state index contributed by atoms with van der Waals surface area (Å²) in [5.41, 5.74) is -1.16. The minimum absolute atomic E-state index is 0.245. The number of amides is 4. The van der Waals surface area contributed by atoms with E-state index in [1.54, 1.807) is 0 Å². The zero-order valence-electron chi connectivity index (χ0n) is 11.3. The van der Waals surface area contributed by atoms with Crippen LogP contribution in [0.1, 0.15) is 33.6 Å². The number of urea groups is 1. The van der Waals surface area contributed by atoms with Crippen LogP contribution < -0.4 is 5.32 Å². The van der Waals surface area contributed by atoms with Crippen molar-refractivity contribution in [2.45, 2.75) is 33.6 Å². The molecular formula is C13H20N2O3. The van der Waals surface area contributed by atoms with Crippen LogP contribution in [-0.2, 0) is 9.59 Å². The molecule has 1 heterocycles. The van der Waals surface area contributed by atoms with Crippen molar-refractivity contribution in [1.29, 1.82) is 0 Å². The molecule has 0 aromatic carbocycles. The van der Waals surface area contributed by atoms with Gasteiger partial charge in [0, 0.05) is 7.05 Å². The van der Waals surface area contributed by atoms with Gasteiger partial charge in [-0.1, -0.05) is 32.4 Å². The molecule has 1 rings (SSSR count). The third kappa shape index (κ3) is 2.05. The summed E-state index contributed by atoms with van der Waals surface area (Å²) in [4.78, 5) is 37.0. The summed E-state index contributed by atoms with van der Waals surface area (Å²) in [6, 6.07) is -0.649. The number of barbiturate groups is 1. The molecule has 0 aromatic rings. The van der Waals surface area contributed by atoms with Gasteiger partial charge < -0.3 is 0 Å². The molecule has 2 atom stereocenters. The molecule has 18 heavy (non-hydrogen) atoms. The van der Waals surface area contributed by atoms with Gasteiger partial charge in [-0.05, 0) is 19.3 Å². The van der Waals surface area contributed by atoms with Crippen LogP contribution in [0.25, 0.3) is 0 Å². The molecule has 0 radical (unpaired) electrons. The van der Waals surface area contributed by atoms with Crippen LogP contribution in [0.2, 0.25) is 0 Å². The Kier molecular flexibility index (Phi) is 4.27. The highest BCUT2D eigenvalue weighted by atomic mass is 16.2. The lowest BCUT2D eigenvalue weighted by Crippen LogP contribution is -2.64. The van der Waals surface area contributed by atoms with E-state index in [-0.39, 0.29) is 5.92 Å². The fraction of sp³-hybridized carbons (Fsp3) is 0.615. The predicted octanol–water partition coefficient (Wildman–Crippen LogP) is 1.69. The van der Waals surface area contributed by atoms with Gasteiger partial charge in [0.15, 0.2) is 0 Å². The molecule has 0 aromatic heterocycles. The second kappa shape index (κ2) is 5.33. The highest BCUT2D eigenvalue weighted by Crippen LogP contribution is 2.38. The average Bonchev–Trinajstić information content (AvgIpc) is 2.32. The molecule has 1 saturated heterocycles. The molecule has 2 unspecified atom stereocenters. The topological polar surface area (TPSA) is 66.5 Å². The molecule has 0 spiro atoms. The number of imide groups is 2. The summed E-state index contributed by atoms with van der Waals surface area (Å²) >= 11 is 0. The van der Waals surface area contributed by atoms with Crippen molar-refractivity contribution < 1.29 is 14.4 Å². The van der Waals surface area contributed by atoms with Gasteiger partial charge in [0.25, 0.3) is 0 Å². The van der Waals surface area contributed by atoms with Crippen molar-refractivity contribution in [3.63, 3.8) is 0 Å².